The van der Waals surface area contributed by atoms with Crippen LogP contribution in [-0.2, 0) is 0 Å². The van der Waals surface area contributed by atoms with Gasteiger partial charge in [0.1, 0.15) is 0 Å². The molecule has 100 valence electrons. The Labute approximate surface area is 113 Å². The van der Waals surface area contributed by atoms with E-state index >= 15 is 0 Å². The molecule has 0 aromatic carbocycles. The number of aldehydes is 1. The summed E-state index contributed by atoms with van der Waals surface area (Å²) < 4.78 is 0. The van der Waals surface area contributed by atoms with Crippen molar-refractivity contribution in [2.24, 2.45) is 0 Å². The number of hydrogen-bond acceptors (Lipinski definition) is 4. The monoisotopic (exact) mass is 266 g/mol. The number of hydrogen-bond donors (Lipinski definition) is 0. The normalized spacial score (nSPS) is 21.3. The number of thiazole rings is 1. The molecule has 3 nitrogen and oxygen atoms in total. The molecule has 18 heavy (non-hydrogen) atoms. The van der Waals surface area contributed by atoms with Crippen LogP contribution < -0.4 is 4.90 Å². The van der Waals surface area contributed by atoms with Crippen molar-refractivity contribution in [3.63, 3.8) is 0 Å². The highest BCUT2D eigenvalue weighted by Gasteiger charge is 2.27. The second kappa shape index (κ2) is 5.83. The van der Waals surface area contributed by atoms with Crippen LogP contribution in [0.2, 0.25) is 0 Å². The Morgan fingerprint density at radius 3 is 2.94 bits per heavy atom. The van der Waals surface area contributed by atoms with Crippen molar-refractivity contribution < 1.29 is 4.79 Å². The molecule has 1 saturated heterocycles. The van der Waals surface area contributed by atoms with Gasteiger partial charge in [-0.1, -0.05) is 32.1 Å². The number of rotatable bonds is 5. The lowest BCUT2D eigenvalue weighted by atomic mass is 10.0. The zero-order chi connectivity index (χ0) is 13.1. The van der Waals surface area contributed by atoms with E-state index in [1.807, 2.05) is 0 Å². The molecule has 1 aromatic rings. The molecule has 1 aromatic heterocycles. The van der Waals surface area contributed by atoms with Crippen molar-refractivity contribution in [3.05, 3.63) is 10.6 Å². The maximum Gasteiger partial charge on any atom is 0.186 e. The molecule has 2 heterocycles. The second-order valence-electron chi connectivity index (χ2n) is 5.07. The summed E-state index contributed by atoms with van der Waals surface area (Å²) in [5.41, 5.74) is 0.995. The van der Waals surface area contributed by atoms with Crippen LogP contribution in [0.5, 0.6) is 0 Å². The first-order valence-corrected chi connectivity index (χ1v) is 7.75. The number of carbonyl (C=O) groups is 1. The van der Waals surface area contributed by atoms with Crippen LogP contribution in [0, 0.1) is 0 Å². The topological polar surface area (TPSA) is 33.2 Å². The highest BCUT2D eigenvalue weighted by atomic mass is 32.1. The van der Waals surface area contributed by atoms with E-state index in [0.717, 1.165) is 41.4 Å². The molecule has 0 N–H and O–H groups in total. The molecule has 0 radical (unpaired) electrons. The number of aromatic nitrogens is 1. The molecule has 0 saturated carbocycles. The molecule has 0 amide bonds. The highest BCUT2D eigenvalue weighted by Crippen LogP contribution is 2.35. The minimum Gasteiger partial charge on any atom is -0.345 e. The Morgan fingerprint density at radius 2 is 2.33 bits per heavy atom. The Hall–Kier alpha value is -0.900. The number of anilines is 1. The Bertz CT molecular complexity index is 416. The third kappa shape index (κ3) is 2.44. The van der Waals surface area contributed by atoms with Gasteiger partial charge in [-0.15, -0.1) is 0 Å². The first-order valence-electron chi connectivity index (χ1n) is 6.93. The van der Waals surface area contributed by atoms with E-state index < -0.39 is 0 Å². The SMILES string of the molecule is CCC(C)c1nc(N2CCCC2CC)sc1C=O. The van der Waals surface area contributed by atoms with Gasteiger partial charge in [-0.3, -0.25) is 4.79 Å². The first kappa shape index (κ1) is 13.5. The molecule has 1 fully saturated rings. The maximum absolute atomic E-state index is 11.2. The Kier molecular flexibility index (Phi) is 4.38. The third-order valence-electron chi connectivity index (χ3n) is 3.95. The van der Waals surface area contributed by atoms with Crippen molar-refractivity contribution in [1.82, 2.24) is 4.98 Å². The van der Waals surface area contributed by atoms with Gasteiger partial charge < -0.3 is 4.90 Å². The van der Waals surface area contributed by atoms with Crippen LogP contribution >= 0.6 is 11.3 Å². The fourth-order valence-corrected chi connectivity index (χ4v) is 3.70. The molecule has 0 spiro atoms. The van der Waals surface area contributed by atoms with Gasteiger partial charge in [0.2, 0.25) is 0 Å². The van der Waals surface area contributed by atoms with E-state index in [2.05, 4.69) is 25.7 Å². The summed E-state index contributed by atoms with van der Waals surface area (Å²) in [6, 6.07) is 0.612. The standard InChI is InChI=1S/C14H22N2OS/c1-4-10(3)13-12(9-17)18-14(15-13)16-8-6-7-11(16)5-2/h9-11H,4-8H2,1-3H3. The van der Waals surface area contributed by atoms with Crippen molar-refractivity contribution in [3.8, 4) is 0 Å². The third-order valence-corrected chi connectivity index (χ3v) is 4.98. The molecule has 2 unspecified atom stereocenters. The molecule has 0 aliphatic carbocycles. The Balaban J connectivity index is 2.29. The Morgan fingerprint density at radius 1 is 1.56 bits per heavy atom. The zero-order valence-electron chi connectivity index (χ0n) is 11.5. The largest absolute Gasteiger partial charge is 0.345 e. The van der Waals surface area contributed by atoms with Gasteiger partial charge in [-0.2, -0.15) is 0 Å². The molecule has 2 rings (SSSR count). The van der Waals surface area contributed by atoms with E-state index in [4.69, 9.17) is 4.98 Å². The van der Waals surface area contributed by atoms with Gasteiger partial charge >= 0.3 is 0 Å². The van der Waals surface area contributed by atoms with Crippen molar-refractivity contribution >= 4 is 22.8 Å². The summed E-state index contributed by atoms with van der Waals surface area (Å²) in [5, 5.41) is 1.05. The van der Waals surface area contributed by atoms with Gasteiger partial charge in [0.15, 0.2) is 11.4 Å². The average molecular weight is 266 g/mol. The predicted octanol–water partition coefficient (Wildman–Crippen LogP) is 3.85. The predicted molar refractivity (Wildman–Crippen MR) is 76.9 cm³/mol. The van der Waals surface area contributed by atoms with E-state index in [9.17, 15) is 4.79 Å². The summed E-state index contributed by atoms with van der Waals surface area (Å²) in [6.45, 7) is 7.60. The molecular formula is C14H22N2OS. The van der Waals surface area contributed by atoms with Crippen molar-refractivity contribution in [2.45, 2.75) is 58.4 Å². The minimum atomic E-state index is 0.373. The van der Waals surface area contributed by atoms with Gasteiger partial charge in [0.25, 0.3) is 0 Å². The highest BCUT2D eigenvalue weighted by molar-refractivity contribution is 7.17. The van der Waals surface area contributed by atoms with E-state index in [-0.39, 0.29) is 0 Å². The van der Waals surface area contributed by atoms with Crippen LogP contribution in [0.3, 0.4) is 0 Å². The van der Waals surface area contributed by atoms with Crippen LogP contribution in [0.25, 0.3) is 0 Å². The van der Waals surface area contributed by atoms with E-state index in [1.165, 1.54) is 12.8 Å². The van der Waals surface area contributed by atoms with Crippen molar-refractivity contribution in [2.75, 3.05) is 11.4 Å². The van der Waals surface area contributed by atoms with Crippen LogP contribution in [0.1, 0.15) is 67.7 Å². The minimum absolute atomic E-state index is 0.373. The van der Waals surface area contributed by atoms with Crippen molar-refractivity contribution in [1.29, 1.82) is 0 Å². The van der Waals surface area contributed by atoms with Gasteiger partial charge in [-0.25, -0.2) is 4.98 Å². The lowest BCUT2D eigenvalue weighted by molar-refractivity contribution is 0.112. The molecule has 1 aliphatic heterocycles. The quantitative estimate of drug-likeness (QED) is 0.759. The summed E-state index contributed by atoms with van der Waals surface area (Å²) in [7, 11) is 0. The van der Waals surface area contributed by atoms with Gasteiger partial charge in [-0.05, 0) is 31.6 Å². The van der Waals surface area contributed by atoms with Crippen LogP contribution in [0.4, 0.5) is 5.13 Å². The summed E-state index contributed by atoms with van der Waals surface area (Å²) in [4.78, 5) is 19.1. The molecule has 0 bridgehead atoms. The smallest absolute Gasteiger partial charge is 0.186 e. The molecule has 2 atom stereocenters. The zero-order valence-corrected chi connectivity index (χ0v) is 12.3. The average Bonchev–Trinajstić information content (AvgIpc) is 3.02. The lowest BCUT2D eigenvalue weighted by Gasteiger charge is -2.22. The lowest BCUT2D eigenvalue weighted by Crippen LogP contribution is -2.28. The van der Waals surface area contributed by atoms with E-state index in [1.54, 1.807) is 11.3 Å². The van der Waals surface area contributed by atoms with Crippen LogP contribution in [-0.4, -0.2) is 23.9 Å². The fraction of sp³-hybridized carbons (Fsp3) is 0.714. The maximum atomic E-state index is 11.2. The molecule has 4 heteroatoms. The summed E-state index contributed by atoms with van der Waals surface area (Å²) >= 11 is 1.57. The van der Waals surface area contributed by atoms with Crippen LogP contribution in [0.15, 0.2) is 0 Å². The number of nitrogens with zero attached hydrogens (tertiary/aromatic N) is 2. The second-order valence-corrected chi connectivity index (χ2v) is 6.08. The summed E-state index contributed by atoms with van der Waals surface area (Å²) in [6.07, 6.45) is 5.66. The van der Waals surface area contributed by atoms with Gasteiger partial charge in [0.05, 0.1) is 10.6 Å². The molecular weight excluding hydrogens is 244 g/mol. The number of carbonyl (C=O) groups excluding carboxylic acids is 1. The first-order chi connectivity index (χ1) is 8.71. The van der Waals surface area contributed by atoms with E-state index in [0.29, 0.717) is 12.0 Å². The fourth-order valence-electron chi connectivity index (χ4n) is 2.60. The van der Waals surface area contributed by atoms with Gasteiger partial charge in [0, 0.05) is 12.6 Å². The summed E-state index contributed by atoms with van der Waals surface area (Å²) in [5.74, 6) is 0.373. The molecule has 1 aliphatic rings.